The first kappa shape index (κ1) is 14.8. The molecule has 110 valence electrons. The third kappa shape index (κ3) is 3.93. The van der Waals surface area contributed by atoms with Gasteiger partial charge in [-0.3, -0.25) is 4.79 Å². The highest BCUT2D eigenvalue weighted by atomic mass is 19.1. The van der Waals surface area contributed by atoms with Crippen molar-refractivity contribution >= 4 is 5.91 Å². The number of benzene rings is 1. The van der Waals surface area contributed by atoms with Crippen LogP contribution in [-0.4, -0.2) is 32.3 Å². The highest BCUT2D eigenvalue weighted by molar-refractivity contribution is 5.76. The number of carbonyl (C=O) groups is 1. The van der Waals surface area contributed by atoms with Crippen LogP contribution < -0.4 is 10.1 Å². The van der Waals surface area contributed by atoms with Crippen LogP contribution in [0.3, 0.4) is 0 Å². The van der Waals surface area contributed by atoms with E-state index in [-0.39, 0.29) is 30.0 Å². The van der Waals surface area contributed by atoms with Gasteiger partial charge in [0.05, 0.1) is 13.2 Å². The molecule has 1 fully saturated rings. The van der Waals surface area contributed by atoms with E-state index < -0.39 is 0 Å². The fourth-order valence-electron chi connectivity index (χ4n) is 2.28. The zero-order valence-corrected chi connectivity index (χ0v) is 11.7. The molecule has 20 heavy (non-hydrogen) atoms. The monoisotopic (exact) mass is 281 g/mol. The number of aryl methyl sites for hydroxylation is 1. The Hall–Kier alpha value is -1.62. The Bertz CT molecular complexity index is 458. The third-order valence-corrected chi connectivity index (χ3v) is 3.44. The normalized spacial score (nSPS) is 18.0. The molecule has 0 radical (unpaired) electrons. The first-order chi connectivity index (χ1) is 9.70. The molecule has 0 saturated carbocycles. The molecule has 2 rings (SSSR count). The van der Waals surface area contributed by atoms with Crippen molar-refractivity contribution in [2.24, 2.45) is 0 Å². The van der Waals surface area contributed by atoms with Crippen LogP contribution in [0.5, 0.6) is 5.75 Å². The van der Waals surface area contributed by atoms with Crippen LogP contribution in [0.15, 0.2) is 18.2 Å². The number of methoxy groups -OCH3 is 1. The van der Waals surface area contributed by atoms with E-state index in [0.717, 1.165) is 19.4 Å². The molecule has 1 N–H and O–H groups in total. The minimum atomic E-state index is -0.387. The predicted octanol–water partition coefficient (Wildman–Crippen LogP) is 2.06. The number of amides is 1. The molecular weight excluding hydrogens is 261 g/mol. The van der Waals surface area contributed by atoms with Gasteiger partial charge in [0.15, 0.2) is 11.6 Å². The van der Waals surface area contributed by atoms with E-state index in [1.165, 1.54) is 7.11 Å². The Morgan fingerprint density at radius 1 is 1.55 bits per heavy atom. The molecule has 1 heterocycles. The summed E-state index contributed by atoms with van der Waals surface area (Å²) < 4.78 is 24.2. The lowest BCUT2D eigenvalue weighted by Gasteiger charge is -2.11. The Labute approximate surface area is 118 Å². The first-order valence-electron chi connectivity index (χ1n) is 6.90. The van der Waals surface area contributed by atoms with E-state index in [9.17, 15) is 9.18 Å². The van der Waals surface area contributed by atoms with Crippen LogP contribution in [-0.2, 0) is 16.0 Å². The number of ether oxygens (including phenoxy) is 2. The number of carbonyl (C=O) groups excluding carboxylic acids is 1. The first-order valence-corrected chi connectivity index (χ1v) is 6.90. The van der Waals surface area contributed by atoms with Crippen molar-refractivity contribution in [1.29, 1.82) is 0 Å². The average Bonchev–Trinajstić information content (AvgIpc) is 2.97. The van der Waals surface area contributed by atoms with Crippen LogP contribution in [0.1, 0.15) is 24.8 Å². The zero-order chi connectivity index (χ0) is 14.4. The van der Waals surface area contributed by atoms with Gasteiger partial charge in [-0.05, 0) is 30.9 Å². The smallest absolute Gasteiger partial charge is 0.220 e. The summed E-state index contributed by atoms with van der Waals surface area (Å²) in [6.45, 7) is 1.31. The van der Waals surface area contributed by atoms with Crippen molar-refractivity contribution in [3.05, 3.63) is 29.6 Å². The van der Waals surface area contributed by atoms with E-state index in [1.807, 2.05) is 0 Å². The quantitative estimate of drug-likeness (QED) is 0.868. The molecule has 5 heteroatoms. The van der Waals surface area contributed by atoms with Crippen molar-refractivity contribution in [3.63, 3.8) is 0 Å². The molecule has 4 nitrogen and oxygen atoms in total. The lowest BCUT2D eigenvalue weighted by molar-refractivity contribution is -0.121. The molecular formula is C15H20FNO3. The van der Waals surface area contributed by atoms with E-state index in [0.29, 0.717) is 18.5 Å². The summed E-state index contributed by atoms with van der Waals surface area (Å²) in [6.07, 6.45) is 2.80. The molecule has 1 aliphatic heterocycles. The minimum absolute atomic E-state index is 0.0808. The highest BCUT2D eigenvalue weighted by Crippen LogP contribution is 2.20. The van der Waals surface area contributed by atoms with Crippen molar-refractivity contribution < 1.29 is 18.7 Å². The maximum Gasteiger partial charge on any atom is 0.220 e. The van der Waals surface area contributed by atoms with Crippen LogP contribution in [0.25, 0.3) is 0 Å². The van der Waals surface area contributed by atoms with Gasteiger partial charge in [0, 0.05) is 19.6 Å². The summed E-state index contributed by atoms with van der Waals surface area (Å²) in [5.74, 6) is -0.257. The number of hydrogen-bond donors (Lipinski definition) is 1. The van der Waals surface area contributed by atoms with Crippen molar-refractivity contribution in [2.75, 3.05) is 20.3 Å². The van der Waals surface area contributed by atoms with Crippen LogP contribution in [0.4, 0.5) is 4.39 Å². The van der Waals surface area contributed by atoms with Gasteiger partial charge in [0.2, 0.25) is 5.91 Å². The number of hydrogen-bond acceptors (Lipinski definition) is 3. The number of nitrogens with one attached hydrogen (secondary N) is 1. The highest BCUT2D eigenvalue weighted by Gasteiger charge is 2.16. The fraction of sp³-hybridized carbons (Fsp3) is 0.533. The SMILES string of the molecule is COc1cccc(CCC(=O)NC[C@@H]2CCCO2)c1F. The Morgan fingerprint density at radius 3 is 3.10 bits per heavy atom. The molecule has 0 bridgehead atoms. The fourth-order valence-corrected chi connectivity index (χ4v) is 2.28. The maximum absolute atomic E-state index is 13.9. The molecule has 0 aliphatic carbocycles. The summed E-state index contributed by atoms with van der Waals surface area (Å²) >= 11 is 0. The lowest BCUT2D eigenvalue weighted by Crippen LogP contribution is -2.31. The summed E-state index contributed by atoms with van der Waals surface area (Å²) in [4.78, 5) is 11.7. The Kier molecular flexibility index (Phi) is 5.35. The average molecular weight is 281 g/mol. The molecule has 1 aromatic rings. The standard InChI is InChI=1S/C15H20FNO3/c1-19-13-6-2-4-11(15(13)16)7-8-14(18)17-10-12-5-3-9-20-12/h2,4,6,12H,3,5,7-10H2,1H3,(H,17,18)/t12-/m0/s1. The maximum atomic E-state index is 13.9. The Morgan fingerprint density at radius 2 is 2.40 bits per heavy atom. The van der Waals surface area contributed by atoms with E-state index >= 15 is 0 Å². The van der Waals surface area contributed by atoms with E-state index in [1.54, 1.807) is 18.2 Å². The molecule has 0 unspecified atom stereocenters. The zero-order valence-electron chi connectivity index (χ0n) is 11.7. The van der Waals surface area contributed by atoms with Gasteiger partial charge >= 0.3 is 0 Å². The lowest BCUT2D eigenvalue weighted by atomic mass is 10.1. The summed E-state index contributed by atoms with van der Waals surface area (Å²) in [6, 6.07) is 4.96. The minimum Gasteiger partial charge on any atom is -0.494 e. The molecule has 1 atom stereocenters. The van der Waals surface area contributed by atoms with E-state index in [2.05, 4.69) is 5.32 Å². The summed E-state index contributed by atoms with van der Waals surface area (Å²) in [7, 11) is 1.43. The van der Waals surface area contributed by atoms with E-state index in [4.69, 9.17) is 9.47 Å². The van der Waals surface area contributed by atoms with Crippen LogP contribution in [0, 0.1) is 5.82 Å². The molecule has 1 aromatic carbocycles. The predicted molar refractivity (Wildman–Crippen MR) is 73.3 cm³/mol. The van der Waals surface area contributed by atoms with Crippen molar-refractivity contribution in [2.45, 2.75) is 31.8 Å². The van der Waals surface area contributed by atoms with Gasteiger partial charge in [0.25, 0.3) is 0 Å². The van der Waals surface area contributed by atoms with Gasteiger partial charge in [-0.25, -0.2) is 4.39 Å². The van der Waals surface area contributed by atoms with Crippen molar-refractivity contribution in [3.8, 4) is 5.75 Å². The second kappa shape index (κ2) is 7.24. The number of halogens is 1. The van der Waals surface area contributed by atoms with Crippen LogP contribution >= 0.6 is 0 Å². The largest absolute Gasteiger partial charge is 0.494 e. The second-order valence-electron chi connectivity index (χ2n) is 4.87. The molecule has 1 saturated heterocycles. The molecule has 1 aliphatic rings. The van der Waals surface area contributed by atoms with Gasteiger partial charge in [-0.2, -0.15) is 0 Å². The molecule has 0 aromatic heterocycles. The van der Waals surface area contributed by atoms with Gasteiger partial charge in [0.1, 0.15) is 0 Å². The molecule has 1 amide bonds. The van der Waals surface area contributed by atoms with Crippen LogP contribution in [0.2, 0.25) is 0 Å². The van der Waals surface area contributed by atoms with Gasteiger partial charge in [-0.15, -0.1) is 0 Å². The second-order valence-corrected chi connectivity index (χ2v) is 4.87. The topological polar surface area (TPSA) is 47.6 Å². The summed E-state index contributed by atoms with van der Waals surface area (Å²) in [5.41, 5.74) is 0.497. The summed E-state index contributed by atoms with van der Waals surface area (Å²) in [5, 5.41) is 2.83. The van der Waals surface area contributed by atoms with Crippen molar-refractivity contribution in [1.82, 2.24) is 5.32 Å². The van der Waals surface area contributed by atoms with Gasteiger partial charge < -0.3 is 14.8 Å². The number of rotatable bonds is 6. The van der Waals surface area contributed by atoms with Gasteiger partial charge in [-0.1, -0.05) is 12.1 Å². The molecule has 0 spiro atoms. The third-order valence-electron chi connectivity index (χ3n) is 3.44. The Balaban J connectivity index is 1.78.